The van der Waals surface area contributed by atoms with Crippen LogP contribution >= 0.6 is 11.6 Å². The SMILES string of the molecule is O=[N+]([O-])c1cccc(NCc2cc(Cl)ccc2OCc2cccc3ccccc23)c1. The van der Waals surface area contributed by atoms with Crippen LogP contribution in [0.4, 0.5) is 11.4 Å². The smallest absolute Gasteiger partial charge is 0.271 e. The standard InChI is InChI=1S/C24H19ClN2O3/c25-20-11-12-24(30-16-18-7-3-6-17-5-1-2-10-23(17)18)19(13-20)15-26-21-8-4-9-22(14-21)27(28)29/h1-14,26H,15-16H2. The van der Waals surface area contributed by atoms with Crippen molar-refractivity contribution in [3.63, 3.8) is 0 Å². The molecule has 0 unspecified atom stereocenters. The molecule has 0 heterocycles. The molecule has 1 N–H and O–H groups in total. The van der Waals surface area contributed by atoms with Crippen molar-refractivity contribution in [2.45, 2.75) is 13.2 Å². The number of rotatable bonds is 7. The van der Waals surface area contributed by atoms with E-state index in [1.807, 2.05) is 30.3 Å². The van der Waals surface area contributed by atoms with E-state index in [0.29, 0.717) is 29.6 Å². The zero-order valence-electron chi connectivity index (χ0n) is 16.0. The van der Waals surface area contributed by atoms with Gasteiger partial charge in [0, 0.05) is 35.0 Å². The molecule has 4 rings (SSSR count). The number of halogens is 1. The third-order valence-corrected chi connectivity index (χ3v) is 5.06. The van der Waals surface area contributed by atoms with Crippen LogP contribution in [0.2, 0.25) is 5.02 Å². The maximum Gasteiger partial charge on any atom is 0.271 e. The molecule has 5 nitrogen and oxygen atoms in total. The van der Waals surface area contributed by atoms with Crippen molar-refractivity contribution in [3.8, 4) is 5.75 Å². The van der Waals surface area contributed by atoms with E-state index in [-0.39, 0.29) is 5.69 Å². The van der Waals surface area contributed by atoms with Gasteiger partial charge in [-0.05, 0) is 40.6 Å². The van der Waals surface area contributed by atoms with Crippen LogP contribution in [0.3, 0.4) is 0 Å². The van der Waals surface area contributed by atoms with Crippen LogP contribution in [-0.2, 0) is 13.2 Å². The first-order valence-corrected chi connectivity index (χ1v) is 9.84. The number of benzene rings is 4. The minimum absolute atomic E-state index is 0.0403. The minimum atomic E-state index is -0.413. The fourth-order valence-corrected chi connectivity index (χ4v) is 3.52. The Hall–Kier alpha value is -3.57. The van der Waals surface area contributed by atoms with Gasteiger partial charge in [-0.25, -0.2) is 0 Å². The third kappa shape index (κ3) is 4.53. The molecular formula is C24H19ClN2O3. The van der Waals surface area contributed by atoms with Crippen LogP contribution in [0.25, 0.3) is 10.8 Å². The van der Waals surface area contributed by atoms with Gasteiger partial charge in [-0.2, -0.15) is 0 Å². The predicted molar refractivity (Wildman–Crippen MR) is 120 cm³/mol. The molecule has 0 saturated heterocycles. The summed E-state index contributed by atoms with van der Waals surface area (Å²) in [7, 11) is 0. The Labute approximate surface area is 179 Å². The summed E-state index contributed by atoms with van der Waals surface area (Å²) < 4.78 is 6.13. The van der Waals surface area contributed by atoms with Crippen molar-refractivity contribution in [2.75, 3.05) is 5.32 Å². The maximum absolute atomic E-state index is 11.0. The van der Waals surface area contributed by atoms with Crippen LogP contribution in [0.5, 0.6) is 5.75 Å². The fraction of sp³-hybridized carbons (Fsp3) is 0.0833. The van der Waals surface area contributed by atoms with E-state index in [1.165, 1.54) is 17.5 Å². The molecule has 30 heavy (non-hydrogen) atoms. The Morgan fingerprint density at radius 1 is 0.900 bits per heavy atom. The highest BCUT2D eigenvalue weighted by molar-refractivity contribution is 6.30. The van der Waals surface area contributed by atoms with Gasteiger partial charge >= 0.3 is 0 Å². The summed E-state index contributed by atoms with van der Waals surface area (Å²) in [5.74, 6) is 0.713. The average molecular weight is 419 g/mol. The zero-order chi connectivity index (χ0) is 20.9. The van der Waals surface area contributed by atoms with E-state index < -0.39 is 4.92 Å². The van der Waals surface area contributed by atoms with Crippen LogP contribution < -0.4 is 10.1 Å². The molecule has 0 radical (unpaired) electrons. The Morgan fingerprint density at radius 3 is 2.57 bits per heavy atom. The first-order valence-electron chi connectivity index (χ1n) is 9.46. The molecule has 0 amide bonds. The molecule has 0 aromatic heterocycles. The highest BCUT2D eigenvalue weighted by Crippen LogP contribution is 2.27. The summed E-state index contributed by atoms with van der Waals surface area (Å²) in [4.78, 5) is 10.6. The van der Waals surface area contributed by atoms with E-state index >= 15 is 0 Å². The first-order chi connectivity index (χ1) is 14.6. The lowest BCUT2D eigenvalue weighted by atomic mass is 10.1. The Kier molecular flexibility index (Phi) is 5.82. The van der Waals surface area contributed by atoms with Gasteiger partial charge in [0.2, 0.25) is 0 Å². The van der Waals surface area contributed by atoms with E-state index in [9.17, 15) is 10.1 Å². The Balaban J connectivity index is 1.52. The number of nitro groups is 1. The maximum atomic E-state index is 11.0. The van der Waals surface area contributed by atoms with Crippen LogP contribution in [-0.4, -0.2) is 4.92 Å². The number of hydrogen-bond donors (Lipinski definition) is 1. The summed E-state index contributed by atoms with van der Waals surface area (Å²) >= 11 is 6.19. The van der Waals surface area contributed by atoms with Crippen LogP contribution in [0, 0.1) is 10.1 Å². The number of ether oxygens (including phenoxy) is 1. The summed E-state index contributed by atoms with van der Waals surface area (Å²) in [5, 5.41) is 17.1. The monoisotopic (exact) mass is 418 g/mol. The lowest BCUT2D eigenvalue weighted by Crippen LogP contribution is -2.04. The highest BCUT2D eigenvalue weighted by Gasteiger charge is 2.09. The fourth-order valence-electron chi connectivity index (χ4n) is 3.33. The summed E-state index contributed by atoms with van der Waals surface area (Å²) in [6, 6.07) is 26.2. The lowest BCUT2D eigenvalue weighted by molar-refractivity contribution is -0.384. The molecular weight excluding hydrogens is 400 g/mol. The normalized spacial score (nSPS) is 10.7. The van der Waals surface area contributed by atoms with Gasteiger partial charge in [-0.1, -0.05) is 60.1 Å². The molecule has 0 aliphatic carbocycles. The number of nitro benzene ring substituents is 1. The number of nitrogens with zero attached hydrogens (tertiary/aromatic N) is 1. The number of anilines is 1. The molecule has 0 aliphatic rings. The molecule has 0 saturated carbocycles. The molecule has 6 heteroatoms. The molecule has 0 aliphatic heterocycles. The molecule has 4 aromatic carbocycles. The van der Waals surface area contributed by atoms with Gasteiger partial charge in [-0.15, -0.1) is 0 Å². The van der Waals surface area contributed by atoms with Gasteiger partial charge in [0.15, 0.2) is 0 Å². The molecule has 0 bridgehead atoms. The highest BCUT2D eigenvalue weighted by atomic mass is 35.5. The molecule has 0 atom stereocenters. The first kappa shape index (κ1) is 19.7. The second-order valence-corrected chi connectivity index (χ2v) is 7.28. The second kappa shape index (κ2) is 8.84. The largest absolute Gasteiger partial charge is 0.489 e. The van der Waals surface area contributed by atoms with E-state index in [4.69, 9.17) is 16.3 Å². The van der Waals surface area contributed by atoms with Gasteiger partial charge in [0.25, 0.3) is 5.69 Å². The predicted octanol–water partition coefficient (Wildman–Crippen LogP) is 6.59. The molecule has 150 valence electrons. The minimum Gasteiger partial charge on any atom is -0.489 e. The lowest BCUT2D eigenvalue weighted by Gasteiger charge is -2.14. The topological polar surface area (TPSA) is 64.4 Å². The number of hydrogen-bond acceptors (Lipinski definition) is 4. The summed E-state index contributed by atoms with van der Waals surface area (Å²) in [5.41, 5.74) is 2.66. The number of nitrogens with one attached hydrogen (secondary N) is 1. The van der Waals surface area contributed by atoms with Crippen molar-refractivity contribution in [1.29, 1.82) is 0 Å². The van der Waals surface area contributed by atoms with E-state index in [0.717, 1.165) is 16.5 Å². The molecule has 4 aromatic rings. The molecule has 0 fully saturated rings. The second-order valence-electron chi connectivity index (χ2n) is 6.84. The van der Waals surface area contributed by atoms with Crippen LogP contribution in [0.1, 0.15) is 11.1 Å². The number of fused-ring (bicyclic) bond motifs is 1. The van der Waals surface area contributed by atoms with Gasteiger partial charge in [-0.3, -0.25) is 10.1 Å². The van der Waals surface area contributed by atoms with Crippen molar-refractivity contribution < 1.29 is 9.66 Å². The Morgan fingerprint density at radius 2 is 1.70 bits per heavy atom. The quantitative estimate of drug-likeness (QED) is 0.271. The van der Waals surface area contributed by atoms with Crippen molar-refractivity contribution in [2.24, 2.45) is 0 Å². The number of non-ortho nitro benzene ring substituents is 1. The van der Waals surface area contributed by atoms with Gasteiger partial charge in [0.05, 0.1) is 4.92 Å². The third-order valence-electron chi connectivity index (χ3n) is 4.83. The van der Waals surface area contributed by atoms with E-state index in [1.54, 1.807) is 18.2 Å². The summed E-state index contributed by atoms with van der Waals surface area (Å²) in [6.07, 6.45) is 0. The molecule has 0 spiro atoms. The van der Waals surface area contributed by atoms with Crippen molar-refractivity contribution >= 4 is 33.7 Å². The van der Waals surface area contributed by atoms with E-state index in [2.05, 4.69) is 29.6 Å². The average Bonchev–Trinajstić information content (AvgIpc) is 2.77. The zero-order valence-corrected chi connectivity index (χ0v) is 16.8. The van der Waals surface area contributed by atoms with Crippen molar-refractivity contribution in [1.82, 2.24) is 0 Å². The van der Waals surface area contributed by atoms with Crippen molar-refractivity contribution in [3.05, 3.63) is 111 Å². The summed E-state index contributed by atoms with van der Waals surface area (Å²) in [6.45, 7) is 0.847. The van der Waals surface area contributed by atoms with Gasteiger partial charge < -0.3 is 10.1 Å². The van der Waals surface area contributed by atoms with Gasteiger partial charge in [0.1, 0.15) is 12.4 Å². The Bertz CT molecular complexity index is 1200. The van der Waals surface area contributed by atoms with Crippen LogP contribution in [0.15, 0.2) is 84.9 Å².